The quantitative estimate of drug-likeness (QED) is 0.803. The highest BCUT2D eigenvalue weighted by Gasteiger charge is 2.39. The van der Waals surface area contributed by atoms with Crippen molar-refractivity contribution in [3.63, 3.8) is 0 Å². The van der Waals surface area contributed by atoms with Crippen molar-refractivity contribution in [3.05, 3.63) is 46.5 Å². The summed E-state index contributed by atoms with van der Waals surface area (Å²) in [5.41, 5.74) is 9.12. The summed E-state index contributed by atoms with van der Waals surface area (Å²) in [6.07, 6.45) is 0.0315. The predicted octanol–water partition coefficient (Wildman–Crippen LogP) is 2.23. The molecule has 3 aliphatic heterocycles. The van der Waals surface area contributed by atoms with Gasteiger partial charge in [-0.15, -0.1) is 0 Å². The van der Waals surface area contributed by atoms with E-state index in [2.05, 4.69) is 4.90 Å². The number of carbonyl (C=O) groups excluding carboxylic acids is 1. The van der Waals surface area contributed by atoms with Gasteiger partial charge >= 0.3 is 0 Å². The van der Waals surface area contributed by atoms with Gasteiger partial charge in [0, 0.05) is 49.7 Å². The van der Waals surface area contributed by atoms with E-state index in [1.807, 2.05) is 18.7 Å². The van der Waals surface area contributed by atoms with Crippen molar-refractivity contribution >= 4 is 5.91 Å². The van der Waals surface area contributed by atoms with E-state index in [9.17, 15) is 13.6 Å². The minimum atomic E-state index is -0.631. The van der Waals surface area contributed by atoms with Crippen LogP contribution in [0.4, 0.5) is 8.78 Å². The van der Waals surface area contributed by atoms with Gasteiger partial charge in [-0.2, -0.15) is 0 Å². The molecule has 0 saturated carbocycles. The molecule has 3 atom stereocenters. The van der Waals surface area contributed by atoms with Gasteiger partial charge in [-0.25, -0.2) is 8.78 Å². The molecule has 0 aromatic heterocycles. The van der Waals surface area contributed by atoms with Crippen LogP contribution in [0, 0.1) is 17.6 Å². The van der Waals surface area contributed by atoms with Gasteiger partial charge in [0.1, 0.15) is 17.7 Å². The van der Waals surface area contributed by atoms with Gasteiger partial charge < -0.3 is 15.4 Å². The first-order valence-corrected chi connectivity index (χ1v) is 9.88. The average molecular weight is 391 g/mol. The van der Waals surface area contributed by atoms with Gasteiger partial charge in [-0.3, -0.25) is 9.69 Å². The molecule has 2 N–H and O–H groups in total. The highest BCUT2D eigenvalue weighted by molar-refractivity contribution is 5.79. The van der Waals surface area contributed by atoms with Gasteiger partial charge in [0.25, 0.3) is 0 Å². The third-order valence-electron chi connectivity index (χ3n) is 6.04. The lowest BCUT2D eigenvalue weighted by Crippen LogP contribution is -2.49. The zero-order valence-corrected chi connectivity index (χ0v) is 16.3. The molecule has 3 aliphatic rings. The zero-order valence-electron chi connectivity index (χ0n) is 16.3. The molecular formula is C21H27F2N3O2. The van der Waals surface area contributed by atoms with E-state index in [-0.39, 0.29) is 23.4 Å². The first kappa shape index (κ1) is 19.5. The molecule has 1 aromatic carbocycles. The van der Waals surface area contributed by atoms with Crippen LogP contribution < -0.4 is 5.73 Å². The molecular weight excluding hydrogens is 364 g/mol. The number of rotatable bonds is 3. The summed E-state index contributed by atoms with van der Waals surface area (Å²) in [6.45, 7) is 7.34. The highest BCUT2D eigenvalue weighted by Crippen LogP contribution is 2.34. The van der Waals surface area contributed by atoms with E-state index in [0.717, 1.165) is 25.2 Å². The van der Waals surface area contributed by atoms with Crippen molar-refractivity contribution in [1.29, 1.82) is 0 Å². The van der Waals surface area contributed by atoms with E-state index < -0.39 is 23.8 Å². The number of amides is 1. The molecule has 0 unspecified atom stereocenters. The Bertz CT molecular complexity index is 793. The lowest BCUT2D eigenvalue weighted by atomic mass is 9.93. The summed E-state index contributed by atoms with van der Waals surface area (Å²) < 4.78 is 33.5. The lowest BCUT2D eigenvalue weighted by molar-refractivity contribution is -0.133. The van der Waals surface area contributed by atoms with Gasteiger partial charge in [0.2, 0.25) is 5.91 Å². The molecule has 3 heterocycles. The fourth-order valence-corrected chi connectivity index (χ4v) is 4.54. The van der Waals surface area contributed by atoms with Gasteiger partial charge in [0.05, 0.1) is 6.61 Å². The Morgan fingerprint density at radius 2 is 1.86 bits per heavy atom. The number of ether oxygens (including phenoxy) is 1. The summed E-state index contributed by atoms with van der Waals surface area (Å²) >= 11 is 0. The van der Waals surface area contributed by atoms with Crippen LogP contribution in [0.2, 0.25) is 0 Å². The molecule has 1 fully saturated rings. The largest absolute Gasteiger partial charge is 0.370 e. The monoisotopic (exact) mass is 391 g/mol. The van der Waals surface area contributed by atoms with Crippen LogP contribution in [0.25, 0.3) is 0 Å². The summed E-state index contributed by atoms with van der Waals surface area (Å²) in [4.78, 5) is 16.5. The van der Waals surface area contributed by atoms with Crippen LogP contribution in [0.15, 0.2) is 29.3 Å². The Balaban J connectivity index is 1.35. The maximum absolute atomic E-state index is 14.1. The Kier molecular flexibility index (Phi) is 5.24. The number of nitrogens with two attached hydrogens (primary N) is 1. The maximum Gasteiger partial charge on any atom is 0.225 e. The number of benzene rings is 1. The minimum Gasteiger partial charge on any atom is -0.370 e. The van der Waals surface area contributed by atoms with Crippen molar-refractivity contribution in [3.8, 4) is 0 Å². The normalized spacial score (nSPS) is 28.4. The topological polar surface area (TPSA) is 58.8 Å². The molecule has 28 heavy (non-hydrogen) atoms. The summed E-state index contributed by atoms with van der Waals surface area (Å²) in [6, 6.07) is 3.13. The van der Waals surface area contributed by atoms with Gasteiger partial charge in [0.15, 0.2) is 0 Å². The lowest BCUT2D eigenvalue weighted by Gasteiger charge is -2.39. The first-order valence-electron chi connectivity index (χ1n) is 9.88. The molecule has 4 rings (SSSR count). The second-order valence-electron chi connectivity index (χ2n) is 8.43. The van der Waals surface area contributed by atoms with Crippen molar-refractivity contribution in [2.45, 2.75) is 38.5 Å². The second kappa shape index (κ2) is 7.54. The van der Waals surface area contributed by atoms with Crippen LogP contribution in [0.3, 0.4) is 0 Å². The standard InChI is InChI=1S/C21H27F2N3O2/c1-12(2)21(27)26-9-13-7-25(8-14(13)10-26)16-6-19(24)20(28-11-16)17-5-15(22)3-4-18(17)23/h3-5,12,16,19-20H,6-11,24H2,1-2H3/t16-,19+,20-/m1/s1. The molecule has 0 aliphatic carbocycles. The predicted molar refractivity (Wildman–Crippen MR) is 101 cm³/mol. The van der Waals surface area contributed by atoms with E-state index in [0.29, 0.717) is 26.1 Å². The molecule has 1 amide bonds. The average Bonchev–Trinajstić information content (AvgIpc) is 3.22. The van der Waals surface area contributed by atoms with E-state index in [1.54, 1.807) is 0 Å². The van der Waals surface area contributed by atoms with Crippen LogP contribution in [0.1, 0.15) is 31.9 Å². The Hall–Kier alpha value is -1.83. The summed E-state index contributed by atoms with van der Waals surface area (Å²) in [5, 5.41) is 0. The Labute approximate surface area is 164 Å². The first-order chi connectivity index (χ1) is 13.3. The van der Waals surface area contributed by atoms with Crippen molar-refractivity contribution in [2.75, 3.05) is 32.8 Å². The van der Waals surface area contributed by atoms with Crippen molar-refractivity contribution in [2.24, 2.45) is 11.7 Å². The Morgan fingerprint density at radius 1 is 1.18 bits per heavy atom. The van der Waals surface area contributed by atoms with Gasteiger partial charge in [-0.05, 0) is 35.8 Å². The number of halogens is 2. The molecule has 5 nitrogen and oxygen atoms in total. The number of hydrogen-bond acceptors (Lipinski definition) is 4. The van der Waals surface area contributed by atoms with Crippen LogP contribution >= 0.6 is 0 Å². The van der Waals surface area contributed by atoms with E-state index in [1.165, 1.54) is 17.2 Å². The van der Waals surface area contributed by atoms with Crippen molar-refractivity contribution in [1.82, 2.24) is 9.80 Å². The molecule has 0 bridgehead atoms. The van der Waals surface area contributed by atoms with Gasteiger partial charge in [-0.1, -0.05) is 13.8 Å². The number of hydrogen-bond donors (Lipinski definition) is 1. The third-order valence-corrected chi connectivity index (χ3v) is 6.04. The third kappa shape index (κ3) is 3.58. The zero-order chi connectivity index (χ0) is 20.0. The van der Waals surface area contributed by atoms with E-state index >= 15 is 0 Å². The number of nitrogens with zero attached hydrogens (tertiary/aromatic N) is 2. The summed E-state index contributed by atoms with van der Waals surface area (Å²) in [7, 11) is 0. The Morgan fingerprint density at radius 3 is 2.46 bits per heavy atom. The fourth-order valence-electron chi connectivity index (χ4n) is 4.54. The molecule has 1 aromatic rings. The SMILES string of the molecule is CC(C)C(=O)N1CC2=C(C1)CN([C@H]1CO[C@H](c3cc(F)ccc3F)[C@@H](N)C1)C2. The van der Waals surface area contributed by atoms with Crippen LogP contribution in [-0.4, -0.2) is 60.6 Å². The molecule has 0 spiro atoms. The maximum atomic E-state index is 14.1. The molecule has 0 radical (unpaired) electrons. The highest BCUT2D eigenvalue weighted by atomic mass is 19.1. The molecule has 7 heteroatoms. The fraction of sp³-hybridized carbons (Fsp3) is 0.571. The van der Waals surface area contributed by atoms with Crippen molar-refractivity contribution < 1.29 is 18.3 Å². The number of carbonyl (C=O) groups is 1. The van der Waals surface area contributed by atoms with Crippen LogP contribution in [-0.2, 0) is 9.53 Å². The smallest absolute Gasteiger partial charge is 0.225 e. The second-order valence-corrected chi connectivity index (χ2v) is 8.43. The molecule has 152 valence electrons. The van der Waals surface area contributed by atoms with Crippen LogP contribution in [0.5, 0.6) is 0 Å². The summed E-state index contributed by atoms with van der Waals surface area (Å²) in [5.74, 6) is -0.767. The minimum absolute atomic E-state index is 0.0148. The molecule has 1 saturated heterocycles. The van der Waals surface area contributed by atoms with E-state index in [4.69, 9.17) is 10.5 Å².